The van der Waals surface area contributed by atoms with Gasteiger partial charge in [0.25, 0.3) is 5.91 Å². The van der Waals surface area contributed by atoms with Crippen molar-refractivity contribution in [1.82, 2.24) is 10.5 Å². The summed E-state index contributed by atoms with van der Waals surface area (Å²) >= 11 is 4.15. The largest absolute Gasteiger partial charge is 0.360 e. The maximum absolute atomic E-state index is 11.7. The van der Waals surface area contributed by atoms with Gasteiger partial charge in [-0.05, 0) is 24.3 Å². The van der Waals surface area contributed by atoms with Crippen molar-refractivity contribution in [1.29, 1.82) is 0 Å². The van der Waals surface area contributed by atoms with E-state index in [1.165, 1.54) is 6.20 Å². The molecule has 1 aromatic carbocycles. The van der Waals surface area contributed by atoms with Gasteiger partial charge >= 0.3 is 0 Å². The highest BCUT2D eigenvalue weighted by Gasteiger charge is 2.05. The molecule has 4 nitrogen and oxygen atoms in total. The number of hydrogen-bond donors (Lipinski definition) is 2. The van der Waals surface area contributed by atoms with Crippen LogP contribution in [0.1, 0.15) is 16.1 Å². The van der Waals surface area contributed by atoms with Crippen LogP contribution in [0.15, 0.2) is 45.9 Å². The Morgan fingerprint density at radius 2 is 2.06 bits per heavy atom. The molecule has 5 heteroatoms. The number of nitrogens with one attached hydrogen (secondary N) is 1. The van der Waals surface area contributed by atoms with Crippen LogP contribution in [-0.4, -0.2) is 11.1 Å². The molecule has 0 saturated heterocycles. The van der Waals surface area contributed by atoms with Crippen molar-refractivity contribution in [2.24, 2.45) is 0 Å². The van der Waals surface area contributed by atoms with Crippen LogP contribution in [0, 0.1) is 0 Å². The normalized spacial score (nSPS) is 10.1. The van der Waals surface area contributed by atoms with Crippen LogP contribution >= 0.6 is 12.6 Å². The Bertz CT molecular complexity index is 465. The molecule has 2 aromatic rings. The Kier molecular flexibility index (Phi) is 3.26. The predicted octanol–water partition coefficient (Wildman–Crippen LogP) is 1.89. The lowest BCUT2D eigenvalue weighted by Gasteiger charge is -2.02. The number of amides is 1. The molecular formula is C11H10N2O2S. The number of aromatic nitrogens is 1. The van der Waals surface area contributed by atoms with Gasteiger partial charge in [0.2, 0.25) is 0 Å². The summed E-state index contributed by atoms with van der Waals surface area (Å²) in [6.45, 7) is 0.335. The van der Waals surface area contributed by atoms with Gasteiger partial charge in [-0.15, -0.1) is 12.6 Å². The van der Waals surface area contributed by atoms with Crippen molar-refractivity contribution >= 4 is 18.5 Å². The third kappa shape index (κ3) is 2.64. The third-order valence-corrected chi connectivity index (χ3v) is 2.34. The predicted molar refractivity (Wildman–Crippen MR) is 61.4 cm³/mol. The van der Waals surface area contributed by atoms with Gasteiger partial charge in [0.05, 0.1) is 12.7 Å². The summed E-state index contributed by atoms with van der Waals surface area (Å²) in [6.07, 6.45) is 1.54. The van der Waals surface area contributed by atoms with E-state index in [9.17, 15) is 4.79 Å². The maximum Gasteiger partial charge on any atom is 0.251 e. The Labute approximate surface area is 98.1 Å². The zero-order valence-electron chi connectivity index (χ0n) is 8.38. The summed E-state index contributed by atoms with van der Waals surface area (Å²) in [4.78, 5) is 12.5. The molecule has 0 bridgehead atoms. The van der Waals surface area contributed by atoms with Crippen LogP contribution < -0.4 is 5.32 Å². The van der Waals surface area contributed by atoms with Crippen LogP contribution in [0.3, 0.4) is 0 Å². The second kappa shape index (κ2) is 4.85. The highest BCUT2D eigenvalue weighted by Crippen LogP contribution is 2.07. The van der Waals surface area contributed by atoms with Crippen LogP contribution in [0.2, 0.25) is 0 Å². The molecule has 0 atom stereocenters. The second-order valence-electron chi connectivity index (χ2n) is 3.21. The Balaban J connectivity index is 1.95. The molecule has 1 amide bonds. The summed E-state index contributed by atoms with van der Waals surface area (Å²) in [5, 5.41) is 6.27. The molecule has 1 heterocycles. The fraction of sp³-hybridized carbons (Fsp3) is 0.0909. The summed E-state index contributed by atoms with van der Waals surface area (Å²) in [6, 6.07) is 8.69. The lowest BCUT2D eigenvalue weighted by atomic mass is 10.2. The van der Waals surface area contributed by atoms with E-state index in [0.717, 1.165) is 4.90 Å². The van der Waals surface area contributed by atoms with Gasteiger partial charge in [0.15, 0.2) is 5.76 Å². The monoisotopic (exact) mass is 234 g/mol. The van der Waals surface area contributed by atoms with Gasteiger partial charge in [-0.1, -0.05) is 5.16 Å². The van der Waals surface area contributed by atoms with Crippen LogP contribution in [0.25, 0.3) is 0 Å². The van der Waals surface area contributed by atoms with E-state index < -0.39 is 0 Å². The van der Waals surface area contributed by atoms with Crippen LogP contribution in [0.5, 0.6) is 0 Å². The number of carbonyl (C=O) groups is 1. The molecule has 16 heavy (non-hydrogen) atoms. The fourth-order valence-electron chi connectivity index (χ4n) is 1.22. The molecule has 0 aliphatic carbocycles. The lowest BCUT2D eigenvalue weighted by molar-refractivity contribution is 0.0947. The van der Waals surface area contributed by atoms with Crippen molar-refractivity contribution < 1.29 is 9.32 Å². The molecule has 0 saturated carbocycles. The van der Waals surface area contributed by atoms with Crippen molar-refractivity contribution in [3.05, 3.63) is 47.9 Å². The summed E-state index contributed by atoms with van der Waals surface area (Å²) < 4.78 is 4.86. The number of nitrogens with zero attached hydrogens (tertiary/aromatic N) is 1. The quantitative estimate of drug-likeness (QED) is 0.797. The van der Waals surface area contributed by atoms with Gasteiger partial charge in [-0.3, -0.25) is 4.79 Å². The summed E-state index contributed by atoms with van der Waals surface area (Å²) in [7, 11) is 0. The van der Waals surface area contributed by atoms with E-state index in [2.05, 4.69) is 23.1 Å². The van der Waals surface area contributed by atoms with E-state index in [1.54, 1.807) is 30.3 Å². The summed E-state index contributed by atoms with van der Waals surface area (Å²) in [5.74, 6) is 0.476. The third-order valence-electron chi connectivity index (χ3n) is 2.04. The smallest absolute Gasteiger partial charge is 0.251 e. The van der Waals surface area contributed by atoms with Gasteiger partial charge < -0.3 is 9.84 Å². The Morgan fingerprint density at radius 1 is 1.31 bits per heavy atom. The topological polar surface area (TPSA) is 55.1 Å². The molecule has 0 radical (unpaired) electrons. The van der Waals surface area contributed by atoms with Gasteiger partial charge in [0.1, 0.15) is 0 Å². The Hall–Kier alpha value is -1.75. The van der Waals surface area contributed by atoms with E-state index in [0.29, 0.717) is 17.9 Å². The maximum atomic E-state index is 11.7. The zero-order valence-corrected chi connectivity index (χ0v) is 9.28. The minimum Gasteiger partial charge on any atom is -0.360 e. The van der Waals surface area contributed by atoms with Crippen LogP contribution in [-0.2, 0) is 6.54 Å². The number of thiol groups is 1. The standard InChI is InChI=1S/C11H10N2O2S/c14-11(8-1-3-10(16)4-2-8)12-7-9-5-6-13-15-9/h1-6,16H,7H2,(H,12,14). The van der Waals surface area contributed by atoms with Crippen molar-refractivity contribution in [2.75, 3.05) is 0 Å². The van der Waals surface area contributed by atoms with Gasteiger partial charge in [-0.2, -0.15) is 0 Å². The molecular weight excluding hydrogens is 224 g/mol. The summed E-state index contributed by atoms with van der Waals surface area (Å²) in [5.41, 5.74) is 0.595. The highest BCUT2D eigenvalue weighted by molar-refractivity contribution is 7.80. The van der Waals surface area contributed by atoms with E-state index >= 15 is 0 Å². The first-order chi connectivity index (χ1) is 7.75. The molecule has 0 aliphatic heterocycles. The minimum atomic E-state index is -0.148. The minimum absolute atomic E-state index is 0.148. The zero-order chi connectivity index (χ0) is 11.4. The molecule has 0 aliphatic rings. The molecule has 2 rings (SSSR count). The number of rotatable bonds is 3. The van der Waals surface area contributed by atoms with Crippen LogP contribution in [0.4, 0.5) is 0 Å². The molecule has 1 N–H and O–H groups in total. The number of hydrogen-bond acceptors (Lipinski definition) is 4. The molecule has 0 fully saturated rings. The molecule has 1 aromatic heterocycles. The van der Waals surface area contributed by atoms with Crippen molar-refractivity contribution in [2.45, 2.75) is 11.4 Å². The first kappa shape index (κ1) is 10.8. The van der Waals surface area contributed by atoms with E-state index in [-0.39, 0.29) is 5.91 Å². The average molecular weight is 234 g/mol. The first-order valence-electron chi connectivity index (χ1n) is 4.72. The van der Waals surface area contributed by atoms with Gasteiger partial charge in [-0.25, -0.2) is 0 Å². The average Bonchev–Trinajstić information content (AvgIpc) is 2.80. The fourth-order valence-corrected chi connectivity index (χ4v) is 1.36. The second-order valence-corrected chi connectivity index (χ2v) is 3.72. The van der Waals surface area contributed by atoms with Crippen molar-refractivity contribution in [3.63, 3.8) is 0 Å². The molecule has 0 unspecified atom stereocenters. The first-order valence-corrected chi connectivity index (χ1v) is 5.17. The van der Waals surface area contributed by atoms with E-state index in [4.69, 9.17) is 4.52 Å². The SMILES string of the molecule is O=C(NCc1ccno1)c1ccc(S)cc1. The van der Waals surface area contributed by atoms with Gasteiger partial charge in [0, 0.05) is 16.5 Å². The molecule has 0 spiro atoms. The van der Waals surface area contributed by atoms with Crippen molar-refractivity contribution in [3.8, 4) is 0 Å². The number of benzene rings is 1. The molecule has 82 valence electrons. The Morgan fingerprint density at radius 3 is 2.69 bits per heavy atom. The number of carbonyl (C=O) groups excluding carboxylic acids is 1. The van der Waals surface area contributed by atoms with E-state index in [1.807, 2.05) is 0 Å². The lowest BCUT2D eigenvalue weighted by Crippen LogP contribution is -2.22. The highest BCUT2D eigenvalue weighted by atomic mass is 32.1.